The van der Waals surface area contributed by atoms with E-state index in [9.17, 15) is 13.2 Å². The molecular weight excluding hydrogens is 299 g/mol. The summed E-state index contributed by atoms with van der Waals surface area (Å²) in [5.41, 5.74) is 6.97. The van der Waals surface area contributed by atoms with Gasteiger partial charge in [-0.15, -0.1) is 11.3 Å². The second kappa shape index (κ2) is 6.03. The third-order valence-corrected chi connectivity index (χ3v) is 3.93. The van der Waals surface area contributed by atoms with Crippen molar-refractivity contribution in [1.29, 1.82) is 0 Å². The summed E-state index contributed by atoms with van der Waals surface area (Å²) in [6, 6.07) is 3.65. The van der Waals surface area contributed by atoms with Crippen LogP contribution >= 0.6 is 11.3 Å². The molecule has 0 saturated heterocycles. The zero-order valence-corrected chi connectivity index (χ0v) is 12.6. The summed E-state index contributed by atoms with van der Waals surface area (Å²) in [4.78, 5) is 6.21. The van der Waals surface area contributed by atoms with Crippen LogP contribution in [0.1, 0.15) is 21.8 Å². The first-order valence-electron chi connectivity index (χ1n) is 6.33. The lowest BCUT2D eigenvalue weighted by Crippen LogP contribution is -2.20. The second-order valence-electron chi connectivity index (χ2n) is 4.76. The minimum absolute atomic E-state index is 0.0552. The van der Waals surface area contributed by atoms with Gasteiger partial charge in [0.2, 0.25) is 0 Å². The Hall–Kier alpha value is -1.60. The number of aromatic nitrogens is 1. The molecule has 1 aromatic heterocycles. The summed E-state index contributed by atoms with van der Waals surface area (Å²) in [5, 5.41) is 2.91. The molecule has 2 N–H and O–H groups in total. The topological polar surface area (TPSA) is 42.2 Å². The standard InChI is InChI=1S/C14H16F3N3S/c1-9-19-12(8-21-9)7-20(2)13-4-3-11(14(15,16)17)5-10(13)6-18/h3-5,8H,6-7,18H2,1-2H3. The number of benzene rings is 1. The predicted molar refractivity (Wildman–Crippen MR) is 78.3 cm³/mol. The van der Waals surface area contributed by atoms with E-state index >= 15 is 0 Å². The first kappa shape index (κ1) is 15.8. The molecule has 1 heterocycles. The third kappa shape index (κ3) is 3.74. The Morgan fingerprint density at radius 2 is 2.05 bits per heavy atom. The molecule has 0 saturated carbocycles. The Morgan fingerprint density at radius 3 is 2.57 bits per heavy atom. The minimum atomic E-state index is -4.35. The van der Waals surface area contributed by atoms with E-state index in [2.05, 4.69) is 4.98 Å². The number of hydrogen-bond donors (Lipinski definition) is 1. The fourth-order valence-electron chi connectivity index (χ4n) is 2.11. The van der Waals surface area contributed by atoms with Crippen molar-refractivity contribution in [2.45, 2.75) is 26.2 Å². The lowest BCUT2D eigenvalue weighted by molar-refractivity contribution is -0.137. The highest BCUT2D eigenvalue weighted by atomic mass is 32.1. The van der Waals surface area contributed by atoms with Crippen LogP contribution < -0.4 is 10.6 Å². The normalized spacial score (nSPS) is 11.7. The largest absolute Gasteiger partial charge is 0.416 e. The van der Waals surface area contributed by atoms with Crippen LogP contribution in [0.3, 0.4) is 0 Å². The zero-order chi connectivity index (χ0) is 15.6. The van der Waals surface area contributed by atoms with Gasteiger partial charge >= 0.3 is 6.18 Å². The molecule has 0 fully saturated rings. The van der Waals surface area contributed by atoms with E-state index < -0.39 is 11.7 Å². The molecule has 0 bridgehead atoms. The van der Waals surface area contributed by atoms with E-state index in [0.29, 0.717) is 17.8 Å². The number of anilines is 1. The summed E-state index contributed by atoms with van der Waals surface area (Å²) in [5.74, 6) is 0. The number of aryl methyl sites for hydroxylation is 1. The fourth-order valence-corrected chi connectivity index (χ4v) is 2.71. The molecule has 0 aliphatic heterocycles. The number of rotatable bonds is 4. The highest BCUT2D eigenvalue weighted by Gasteiger charge is 2.31. The molecule has 7 heteroatoms. The van der Waals surface area contributed by atoms with E-state index in [1.165, 1.54) is 6.07 Å². The average Bonchev–Trinajstić information content (AvgIpc) is 2.82. The van der Waals surface area contributed by atoms with Gasteiger partial charge in [-0.3, -0.25) is 0 Å². The first-order chi connectivity index (χ1) is 9.81. The lowest BCUT2D eigenvalue weighted by atomic mass is 10.1. The highest BCUT2D eigenvalue weighted by Crippen LogP contribution is 2.33. The van der Waals surface area contributed by atoms with E-state index in [4.69, 9.17) is 5.73 Å². The molecule has 21 heavy (non-hydrogen) atoms. The van der Waals surface area contributed by atoms with Crippen molar-refractivity contribution in [2.24, 2.45) is 5.73 Å². The molecule has 0 aliphatic rings. The quantitative estimate of drug-likeness (QED) is 0.938. The Bertz CT molecular complexity index is 622. The molecule has 0 atom stereocenters. The predicted octanol–water partition coefficient (Wildman–Crippen LogP) is 3.57. The maximum atomic E-state index is 12.7. The van der Waals surface area contributed by atoms with Crippen molar-refractivity contribution in [3.8, 4) is 0 Å². The fraction of sp³-hybridized carbons (Fsp3) is 0.357. The van der Waals surface area contributed by atoms with Gasteiger partial charge < -0.3 is 10.6 Å². The number of nitrogens with two attached hydrogens (primary N) is 1. The van der Waals surface area contributed by atoms with Crippen LogP contribution in [0, 0.1) is 6.92 Å². The van der Waals surface area contributed by atoms with Crippen LogP contribution in [-0.2, 0) is 19.3 Å². The molecular formula is C14H16F3N3S. The second-order valence-corrected chi connectivity index (χ2v) is 5.82. The third-order valence-electron chi connectivity index (χ3n) is 3.10. The van der Waals surface area contributed by atoms with Crippen LogP contribution in [0.25, 0.3) is 0 Å². The zero-order valence-electron chi connectivity index (χ0n) is 11.7. The number of hydrogen-bond acceptors (Lipinski definition) is 4. The van der Waals surface area contributed by atoms with E-state index in [1.807, 2.05) is 24.3 Å². The first-order valence-corrected chi connectivity index (χ1v) is 7.21. The molecule has 114 valence electrons. The van der Waals surface area contributed by atoms with E-state index in [-0.39, 0.29) is 6.54 Å². The van der Waals surface area contributed by atoms with Gasteiger partial charge in [0.1, 0.15) is 0 Å². The summed E-state index contributed by atoms with van der Waals surface area (Å²) < 4.78 is 38.2. The number of nitrogens with zero attached hydrogens (tertiary/aromatic N) is 2. The van der Waals surface area contributed by atoms with Gasteiger partial charge in [-0.2, -0.15) is 13.2 Å². The van der Waals surface area contributed by atoms with Crippen molar-refractivity contribution in [2.75, 3.05) is 11.9 Å². The van der Waals surface area contributed by atoms with Gasteiger partial charge in [-0.05, 0) is 30.7 Å². The Balaban J connectivity index is 2.26. The molecule has 0 radical (unpaired) electrons. The van der Waals surface area contributed by atoms with E-state index in [1.54, 1.807) is 11.3 Å². The van der Waals surface area contributed by atoms with Crippen LogP contribution in [-0.4, -0.2) is 12.0 Å². The lowest BCUT2D eigenvalue weighted by Gasteiger charge is -2.22. The molecule has 3 nitrogen and oxygen atoms in total. The van der Waals surface area contributed by atoms with Crippen LogP contribution in [0.2, 0.25) is 0 Å². The van der Waals surface area contributed by atoms with Gasteiger partial charge in [0.15, 0.2) is 0 Å². The van der Waals surface area contributed by atoms with Crippen LogP contribution in [0.15, 0.2) is 23.6 Å². The van der Waals surface area contributed by atoms with Crippen LogP contribution in [0.5, 0.6) is 0 Å². The maximum absolute atomic E-state index is 12.7. The molecule has 0 aliphatic carbocycles. The monoisotopic (exact) mass is 315 g/mol. The average molecular weight is 315 g/mol. The summed E-state index contributed by atoms with van der Waals surface area (Å²) in [6.45, 7) is 2.50. The minimum Gasteiger partial charge on any atom is -0.368 e. The van der Waals surface area contributed by atoms with E-state index in [0.717, 1.165) is 22.8 Å². The molecule has 0 amide bonds. The van der Waals surface area contributed by atoms with Gasteiger partial charge in [0.25, 0.3) is 0 Å². The van der Waals surface area contributed by atoms with Gasteiger partial charge in [0.05, 0.1) is 22.8 Å². The van der Waals surface area contributed by atoms with Gasteiger partial charge in [-0.1, -0.05) is 0 Å². The van der Waals surface area contributed by atoms with Crippen molar-refractivity contribution in [3.05, 3.63) is 45.4 Å². The highest BCUT2D eigenvalue weighted by molar-refractivity contribution is 7.09. The summed E-state index contributed by atoms with van der Waals surface area (Å²) in [6.07, 6.45) is -4.35. The van der Waals surface area contributed by atoms with Gasteiger partial charge in [-0.25, -0.2) is 4.98 Å². The molecule has 2 aromatic rings. The molecule has 0 unspecified atom stereocenters. The van der Waals surface area contributed by atoms with Crippen LogP contribution in [0.4, 0.5) is 18.9 Å². The summed E-state index contributed by atoms with van der Waals surface area (Å²) >= 11 is 1.55. The SMILES string of the molecule is Cc1nc(CN(C)c2ccc(C(F)(F)F)cc2CN)cs1. The molecule has 0 spiro atoms. The van der Waals surface area contributed by atoms with Crippen molar-refractivity contribution in [1.82, 2.24) is 4.98 Å². The van der Waals surface area contributed by atoms with Gasteiger partial charge in [0, 0.05) is 24.7 Å². The van der Waals surface area contributed by atoms with Crippen molar-refractivity contribution in [3.63, 3.8) is 0 Å². The number of halogens is 3. The number of thiazole rings is 1. The smallest absolute Gasteiger partial charge is 0.368 e. The summed E-state index contributed by atoms with van der Waals surface area (Å²) in [7, 11) is 1.82. The van der Waals surface area contributed by atoms with Crippen molar-refractivity contribution < 1.29 is 13.2 Å². The van der Waals surface area contributed by atoms with Crippen molar-refractivity contribution >= 4 is 17.0 Å². The molecule has 1 aromatic carbocycles. The maximum Gasteiger partial charge on any atom is 0.416 e. The molecule has 2 rings (SSSR count). The Morgan fingerprint density at radius 1 is 1.33 bits per heavy atom. The Kier molecular flexibility index (Phi) is 4.53. The Labute approximate surface area is 125 Å². The number of alkyl halides is 3.